The monoisotopic (exact) mass is 442 g/mol. The lowest BCUT2D eigenvalue weighted by Gasteiger charge is -2.14. The third-order valence-corrected chi connectivity index (χ3v) is 6.15. The first-order valence-electron chi connectivity index (χ1n) is 9.08. The summed E-state index contributed by atoms with van der Waals surface area (Å²) in [6.45, 7) is 5.65. The van der Waals surface area contributed by atoms with Crippen molar-refractivity contribution in [2.75, 3.05) is 10.0 Å². The van der Waals surface area contributed by atoms with Gasteiger partial charge in [0.25, 0.3) is 10.0 Å². The Morgan fingerprint density at radius 1 is 0.933 bits per heavy atom. The zero-order valence-electron chi connectivity index (χ0n) is 16.5. The van der Waals surface area contributed by atoms with Crippen molar-refractivity contribution in [1.82, 2.24) is 20.2 Å². The smallest absolute Gasteiger partial charge is 0.263 e. The van der Waals surface area contributed by atoms with E-state index in [9.17, 15) is 8.42 Å². The summed E-state index contributed by atoms with van der Waals surface area (Å²) >= 11 is 5.88. The molecule has 0 unspecified atom stereocenters. The summed E-state index contributed by atoms with van der Waals surface area (Å²) in [5.74, 6) is 0.361. The lowest BCUT2D eigenvalue weighted by Crippen LogP contribution is -2.16. The fourth-order valence-corrected chi connectivity index (χ4v) is 4.11. The van der Waals surface area contributed by atoms with E-state index in [4.69, 9.17) is 11.6 Å². The van der Waals surface area contributed by atoms with Crippen LogP contribution in [0.1, 0.15) is 17.0 Å². The SMILES string of the molecule is Cc1ccc2nc(NS(=O)(=O)c3ccc(Cl)cc3)c(Nc3c(C)n[nH]c3C)nc2c1. The molecule has 4 rings (SSSR count). The number of anilines is 3. The number of fused-ring (bicyclic) bond motifs is 1. The average Bonchev–Trinajstić information content (AvgIpc) is 3.00. The summed E-state index contributed by atoms with van der Waals surface area (Å²) in [5.41, 5.74) is 4.47. The van der Waals surface area contributed by atoms with Gasteiger partial charge in [-0.3, -0.25) is 9.82 Å². The van der Waals surface area contributed by atoms with Crippen LogP contribution in [0.15, 0.2) is 47.4 Å². The van der Waals surface area contributed by atoms with Crippen LogP contribution in [0.5, 0.6) is 0 Å². The molecular weight excluding hydrogens is 424 g/mol. The number of H-pyrrole nitrogens is 1. The highest BCUT2D eigenvalue weighted by Gasteiger charge is 2.20. The normalized spacial score (nSPS) is 11.6. The first kappa shape index (κ1) is 20.1. The second kappa shape index (κ2) is 7.58. The third-order valence-electron chi connectivity index (χ3n) is 4.55. The van der Waals surface area contributed by atoms with E-state index in [-0.39, 0.29) is 16.5 Å². The van der Waals surface area contributed by atoms with Crippen LogP contribution in [0.25, 0.3) is 11.0 Å². The van der Waals surface area contributed by atoms with E-state index >= 15 is 0 Å². The number of nitrogens with zero attached hydrogens (tertiary/aromatic N) is 3. The molecule has 0 atom stereocenters. The molecular formula is C20H19ClN6O2S. The number of aromatic amines is 1. The Labute approximate surface area is 178 Å². The quantitative estimate of drug-likeness (QED) is 0.420. The molecule has 4 aromatic rings. The van der Waals surface area contributed by atoms with Crippen molar-refractivity contribution in [3.05, 3.63) is 64.4 Å². The summed E-state index contributed by atoms with van der Waals surface area (Å²) < 4.78 is 28.4. The van der Waals surface area contributed by atoms with Gasteiger partial charge in [-0.05, 0) is 62.7 Å². The van der Waals surface area contributed by atoms with Crippen LogP contribution in [0.2, 0.25) is 5.02 Å². The summed E-state index contributed by atoms with van der Waals surface area (Å²) in [6.07, 6.45) is 0. The van der Waals surface area contributed by atoms with E-state index in [0.717, 1.165) is 17.0 Å². The maximum atomic E-state index is 12.9. The Hall–Kier alpha value is -3.17. The van der Waals surface area contributed by atoms with E-state index in [2.05, 4.69) is 30.2 Å². The average molecular weight is 443 g/mol. The standard InChI is InChI=1S/C20H19ClN6O2S/c1-11-4-9-16-17(10-11)23-19(24-18-12(2)25-26-13(18)3)20(22-16)27-30(28,29)15-7-5-14(21)6-8-15/h4-10H,1-3H3,(H,22,27)(H,23,24)(H,25,26). The van der Waals surface area contributed by atoms with Crippen molar-refractivity contribution < 1.29 is 8.42 Å². The molecule has 2 heterocycles. The van der Waals surface area contributed by atoms with Gasteiger partial charge in [0.2, 0.25) is 0 Å². The number of aryl methyl sites for hydroxylation is 3. The summed E-state index contributed by atoms with van der Waals surface area (Å²) in [4.78, 5) is 9.20. The summed E-state index contributed by atoms with van der Waals surface area (Å²) in [7, 11) is -3.90. The fourth-order valence-electron chi connectivity index (χ4n) is 2.98. The molecule has 0 aliphatic heterocycles. The number of hydrogen-bond donors (Lipinski definition) is 3. The second-order valence-electron chi connectivity index (χ2n) is 6.91. The van der Waals surface area contributed by atoms with Crippen molar-refractivity contribution in [2.24, 2.45) is 0 Å². The second-order valence-corrected chi connectivity index (χ2v) is 9.03. The molecule has 0 aliphatic carbocycles. The van der Waals surface area contributed by atoms with E-state index in [1.54, 1.807) is 6.07 Å². The molecule has 3 N–H and O–H groups in total. The van der Waals surface area contributed by atoms with Crippen LogP contribution in [-0.4, -0.2) is 28.6 Å². The summed E-state index contributed by atoms with van der Waals surface area (Å²) in [5, 5.41) is 10.7. The van der Waals surface area contributed by atoms with Crippen molar-refractivity contribution in [2.45, 2.75) is 25.7 Å². The molecule has 10 heteroatoms. The van der Waals surface area contributed by atoms with Crippen LogP contribution < -0.4 is 10.0 Å². The molecule has 0 spiro atoms. The Bertz CT molecular complexity index is 1330. The van der Waals surface area contributed by atoms with Crippen LogP contribution in [0.4, 0.5) is 17.3 Å². The Balaban J connectivity index is 1.82. The van der Waals surface area contributed by atoms with Gasteiger partial charge in [0.15, 0.2) is 11.6 Å². The Morgan fingerprint density at radius 2 is 1.63 bits per heavy atom. The van der Waals surface area contributed by atoms with Crippen molar-refractivity contribution in [3.8, 4) is 0 Å². The predicted octanol–water partition coefficient (Wildman–Crippen LogP) is 4.48. The molecule has 0 bridgehead atoms. The van der Waals surface area contributed by atoms with Crippen LogP contribution in [0.3, 0.4) is 0 Å². The minimum atomic E-state index is -3.90. The maximum absolute atomic E-state index is 12.9. The van der Waals surface area contributed by atoms with Crippen molar-refractivity contribution in [3.63, 3.8) is 0 Å². The van der Waals surface area contributed by atoms with Gasteiger partial charge in [-0.2, -0.15) is 5.10 Å². The molecule has 0 fully saturated rings. The minimum absolute atomic E-state index is 0.0688. The van der Waals surface area contributed by atoms with Crippen molar-refractivity contribution in [1.29, 1.82) is 0 Å². The van der Waals surface area contributed by atoms with Crippen LogP contribution in [-0.2, 0) is 10.0 Å². The molecule has 0 saturated heterocycles. The minimum Gasteiger partial charge on any atom is -0.334 e. The van der Waals surface area contributed by atoms with Gasteiger partial charge in [0, 0.05) is 5.02 Å². The van der Waals surface area contributed by atoms with Crippen LogP contribution >= 0.6 is 11.6 Å². The fraction of sp³-hybridized carbons (Fsp3) is 0.150. The lowest BCUT2D eigenvalue weighted by atomic mass is 10.2. The molecule has 0 amide bonds. The first-order chi connectivity index (χ1) is 14.2. The molecule has 154 valence electrons. The zero-order valence-corrected chi connectivity index (χ0v) is 18.1. The van der Waals surface area contributed by atoms with Gasteiger partial charge in [0.05, 0.1) is 33.0 Å². The maximum Gasteiger partial charge on any atom is 0.263 e. The molecule has 30 heavy (non-hydrogen) atoms. The number of nitrogens with one attached hydrogen (secondary N) is 3. The van der Waals surface area contributed by atoms with Crippen molar-refractivity contribution >= 4 is 50.0 Å². The molecule has 0 radical (unpaired) electrons. The first-order valence-corrected chi connectivity index (χ1v) is 10.9. The molecule has 0 aliphatic rings. The van der Waals surface area contributed by atoms with E-state index in [0.29, 0.717) is 21.7 Å². The van der Waals surface area contributed by atoms with Gasteiger partial charge >= 0.3 is 0 Å². The third kappa shape index (κ3) is 3.94. The van der Waals surface area contributed by atoms with Crippen LogP contribution in [0, 0.1) is 20.8 Å². The van der Waals surface area contributed by atoms with E-state index in [1.165, 1.54) is 24.3 Å². The highest BCUT2D eigenvalue weighted by atomic mass is 35.5. The van der Waals surface area contributed by atoms with Gasteiger partial charge < -0.3 is 5.32 Å². The van der Waals surface area contributed by atoms with E-state index in [1.807, 2.05) is 32.9 Å². The number of sulfonamides is 1. The number of benzene rings is 2. The molecule has 8 nitrogen and oxygen atoms in total. The van der Waals surface area contributed by atoms with E-state index < -0.39 is 10.0 Å². The largest absolute Gasteiger partial charge is 0.334 e. The van der Waals surface area contributed by atoms with Gasteiger partial charge in [-0.25, -0.2) is 18.4 Å². The summed E-state index contributed by atoms with van der Waals surface area (Å²) in [6, 6.07) is 11.5. The number of aromatic nitrogens is 4. The Morgan fingerprint density at radius 3 is 2.30 bits per heavy atom. The van der Waals surface area contributed by atoms with Gasteiger partial charge in [0.1, 0.15) is 0 Å². The highest BCUT2D eigenvalue weighted by Crippen LogP contribution is 2.29. The molecule has 2 aromatic carbocycles. The molecule has 2 aromatic heterocycles. The highest BCUT2D eigenvalue weighted by molar-refractivity contribution is 7.92. The lowest BCUT2D eigenvalue weighted by molar-refractivity contribution is 0.601. The predicted molar refractivity (Wildman–Crippen MR) is 118 cm³/mol. The Kier molecular flexibility index (Phi) is 5.08. The number of hydrogen-bond acceptors (Lipinski definition) is 6. The number of rotatable bonds is 5. The van der Waals surface area contributed by atoms with Gasteiger partial charge in [-0.15, -0.1) is 0 Å². The van der Waals surface area contributed by atoms with Gasteiger partial charge in [-0.1, -0.05) is 17.7 Å². The topological polar surface area (TPSA) is 113 Å². The number of halogens is 1. The zero-order chi connectivity index (χ0) is 21.5. The molecule has 0 saturated carbocycles.